The normalized spacial score (nSPS) is 23.3. The maximum Gasteiger partial charge on any atom is 0.244 e. The summed E-state index contributed by atoms with van der Waals surface area (Å²) in [5.41, 5.74) is -2.53. The Morgan fingerprint density at radius 3 is 2.64 bits per heavy atom. The highest BCUT2D eigenvalue weighted by Gasteiger charge is 2.22. The molecule has 0 radical (unpaired) electrons. The van der Waals surface area contributed by atoms with E-state index in [4.69, 9.17) is 16.3 Å². The lowest BCUT2D eigenvalue weighted by atomic mass is 9.98. The van der Waals surface area contributed by atoms with Gasteiger partial charge in [-0.15, -0.1) is 0 Å². The molecule has 1 atom stereocenters. The van der Waals surface area contributed by atoms with Crippen LogP contribution >= 0.6 is 17.1 Å². The molecule has 0 aliphatic heterocycles. The minimum Gasteiger partial charge on any atom is -0.337 e. The summed E-state index contributed by atoms with van der Waals surface area (Å²) in [6.07, 6.45) is 7.16. The SMILES string of the molecule is CCCSP(O)(=S)OC1CCCCC1. The Morgan fingerprint density at radius 2 is 2.07 bits per heavy atom. The van der Waals surface area contributed by atoms with Crippen LogP contribution in [-0.4, -0.2) is 16.8 Å². The Balaban J connectivity index is 2.29. The quantitative estimate of drug-likeness (QED) is 0.758. The van der Waals surface area contributed by atoms with Crippen molar-refractivity contribution in [3.8, 4) is 0 Å². The van der Waals surface area contributed by atoms with Gasteiger partial charge in [-0.25, -0.2) is 0 Å². The molecule has 2 nitrogen and oxygen atoms in total. The average molecular weight is 254 g/mol. The van der Waals surface area contributed by atoms with E-state index in [9.17, 15) is 4.89 Å². The molecule has 0 heterocycles. The Bertz CT molecular complexity index is 205. The highest BCUT2D eigenvalue weighted by Crippen LogP contribution is 2.58. The smallest absolute Gasteiger partial charge is 0.244 e. The Kier molecular flexibility index (Phi) is 6.02. The Labute approximate surface area is 95.7 Å². The summed E-state index contributed by atoms with van der Waals surface area (Å²) in [6.45, 7) is 2.09. The largest absolute Gasteiger partial charge is 0.337 e. The zero-order chi connectivity index (χ0) is 10.4. The van der Waals surface area contributed by atoms with Crippen LogP contribution in [0.25, 0.3) is 0 Å². The first-order chi connectivity index (χ1) is 6.64. The molecular formula is C9H19O2PS2. The van der Waals surface area contributed by atoms with Crippen molar-refractivity contribution in [3.63, 3.8) is 0 Å². The highest BCUT2D eigenvalue weighted by atomic mass is 32.9. The van der Waals surface area contributed by atoms with Crippen molar-refractivity contribution < 1.29 is 9.42 Å². The van der Waals surface area contributed by atoms with Crippen molar-refractivity contribution in [1.29, 1.82) is 0 Å². The van der Waals surface area contributed by atoms with Gasteiger partial charge in [0.25, 0.3) is 0 Å². The molecule has 0 spiro atoms. The molecule has 0 bridgehead atoms. The van der Waals surface area contributed by atoms with E-state index in [0.29, 0.717) is 0 Å². The fourth-order valence-corrected chi connectivity index (χ4v) is 5.48. The van der Waals surface area contributed by atoms with E-state index in [2.05, 4.69) is 6.92 Å². The van der Waals surface area contributed by atoms with E-state index < -0.39 is 5.69 Å². The van der Waals surface area contributed by atoms with Crippen molar-refractivity contribution in [3.05, 3.63) is 0 Å². The predicted molar refractivity (Wildman–Crippen MR) is 67.2 cm³/mol. The minimum absolute atomic E-state index is 0.226. The van der Waals surface area contributed by atoms with Crippen LogP contribution in [0.3, 0.4) is 0 Å². The summed E-state index contributed by atoms with van der Waals surface area (Å²) in [5.74, 6) is 0.903. The second-order valence-electron chi connectivity index (χ2n) is 3.67. The lowest BCUT2D eigenvalue weighted by Gasteiger charge is -2.25. The van der Waals surface area contributed by atoms with E-state index in [1.54, 1.807) is 0 Å². The lowest BCUT2D eigenvalue weighted by molar-refractivity contribution is 0.161. The van der Waals surface area contributed by atoms with Crippen LogP contribution in [0.2, 0.25) is 0 Å². The van der Waals surface area contributed by atoms with Gasteiger partial charge in [0.2, 0.25) is 5.69 Å². The molecule has 0 aromatic rings. The first-order valence-electron chi connectivity index (χ1n) is 5.30. The van der Waals surface area contributed by atoms with Crippen LogP contribution in [0.1, 0.15) is 45.4 Å². The summed E-state index contributed by atoms with van der Waals surface area (Å²) >= 11 is 6.53. The molecule has 1 unspecified atom stereocenters. The van der Waals surface area contributed by atoms with Crippen molar-refractivity contribution in [1.82, 2.24) is 0 Å². The standard InChI is InChI=1S/C9H19O2PS2/c1-2-8-14-12(10,13)11-9-6-4-3-5-7-9/h9H,2-8H2,1H3,(H,10,13). The van der Waals surface area contributed by atoms with E-state index >= 15 is 0 Å². The maximum atomic E-state index is 9.86. The molecular weight excluding hydrogens is 235 g/mol. The first-order valence-corrected chi connectivity index (χ1v) is 9.56. The fourth-order valence-electron chi connectivity index (χ4n) is 1.60. The topological polar surface area (TPSA) is 29.5 Å². The molecule has 1 saturated carbocycles. The van der Waals surface area contributed by atoms with Gasteiger partial charge in [-0.3, -0.25) is 0 Å². The molecule has 1 aliphatic carbocycles. The monoisotopic (exact) mass is 254 g/mol. The van der Waals surface area contributed by atoms with Crippen molar-refractivity contribution in [2.24, 2.45) is 0 Å². The second kappa shape index (κ2) is 6.49. The van der Waals surface area contributed by atoms with Gasteiger partial charge in [0.05, 0.1) is 6.10 Å². The third-order valence-corrected chi connectivity index (χ3v) is 6.77. The van der Waals surface area contributed by atoms with E-state index in [0.717, 1.165) is 25.0 Å². The van der Waals surface area contributed by atoms with Gasteiger partial charge in [-0.2, -0.15) is 0 Å². The number of hydrogen-bond donors (Lipinski definition) is 1. The van der Waals surface area contributed by atoms with Crippen LogP contribution in [0.15, 0.2) is 0 Å². The average Bonchev–Trinajstić information content (AvgIpc) is 2.16. The molecule has 0 aromatic heterocycles. The summed E-state index contributed by atoms with van der Waals surface area (Å²) in [4.78, 5) is 9.86. The molecule has 1 fully saturated rings. The maximum absolute atomic E-state index is 9.86. The fraction of sp³-hybridized carbons (Fsp3) is 1.00. The Morgan fingerprint density at radius 1 is 1.43 bits per heavy atom. The van der Waals surface area contributed by atoms with Crippen LogP contribution in [-0.2, 0) is 16.3 Å². The number of rotatable bonds is 5. The molecule has 0 amide bonds. The van der Waals surface area contributed by atoms with Gasteiger partial charge in [-0.05, 0) is 31.1 Å². The van der Waals surface area contributed by atoms with Gasteiger partial charge in [0.15, 0.2) is 0 Å². The zero-order valence-corrected chi connectivity index (χ0v) is 11.2. The minimum atomic E-state index is -2.53. The van der Waals surface area contributed by atoms with Crippen molar-refractivity contribution in [2.45, 2.75) is 51.6 Å². The first kappa shape index (κ1) is 13.0. The predicted octanol–water partition coefficient (Wildman–Crippen LogP) is 3.70. The molecule has 1 aliphatic rings. The summed E-state index contributed by atoms with van der Waals surface area (Å²) in [7, 11) is 0. The van der Waals surface area contributed by atoms with Gasteiger partial charge in [0, 0.05) is 5.75 Å². The third-order valence-electron chi connectivity index (χ3n) is 2.29. The van der Waals surface area contributed by atoms with Crippen LogP contribution in [0, 0.1) is 0 Å². The highest BCUT2D eigenvalue weighted by molar-refractivity contribution is 8.67. The van der Waals surface area contributed by atoms with Gasteiger partial charge in [0.1, 0.15) is 0 Å². The molecule has 84 valence electrons. The van der Waals surface area contributed by atoms with Gasteiger partial charge in [-0.1, -0.05) is 37.6 Å². The summed E-state index contributed by atoms with van der Waals surface area (Å²) in [6, 6.07) is 0. The lowest BCUT2D eigenvalue weighted by Crippen LogP contribution is -2.14. The Hall–Kier alpha value is 0.920. The molecule has 1 rings (SSSR count). The van der Waals surface area contributed by atoms with Crippen molar-refractivity contribution in [2.75, 3.05) is 5.75 Å². The molecule has 0 aromatic carbocycles. The van der Waals surface area contributed by atoms with Crippen molar-refractivity contribution >= 4 is 28.9 Å². The van der Waals surface area contributed by atoms with Crippen LogP contribution in [0.4, 0.5) is 0 Å². The molecule has 0 saturated heterocycles. The zero-order valence-electron chi connectivity index (χ0n) is 8.65. The van der Waals surface area contributed by atoms with E-state index in [-0.39, 0.29) is 6.10 Å². The van der Waals surface area contributed by atoms with Gasteiger partial charge < -0.3 is 9.42 Å². The second-order valence-corrected chi connectivity index (χ2v) is 9.92. The summed E-state index contributed by atoms with van der Waals surface area (Å²) < 4.78 is 5.63. The van der Waals surface area contributed by atoms with Crippen LogP contribution < -0.4 is 0 Å². The van der Waals surface area contributed by atoms with Crippen LogP contribution in [0.5, 0.6) is 0 Å². The summed E-state index contributed by atoms with van der Waals surface area (Å²) in [5, 5.41) is 0. The molecule has 1 N–H and O–H groups in total. The third kappa shape index (κ3) is 5.13. The van der Waals surface area contributed by atoms with E-state index in [1.807, 2.05) is 0 Å². The van der Waals surface area contributed by atoms with E-state index in [1.165, 1.54) is 30.6 Å². The van der Waals surface area contributed by atoms with Gasteiger partial charge >= 0.3 is 0 Å². The number of hydrogen-bond acceptors (Lipinski definition) is 3. The molecule has 14 heavy (non-hydrogen) atoms. The molecule has 5 heteroatoms.